The van der Waals surface area contributed by atoms with Gasteiger partial charge in [0.1, 0.15) is 7.05 Å². The zero-order valence-corrected chi connectivity index (χ0v) is 14.9. The first-order valence-electron chi connectivity index (χ1n) is 8.51. The number of pyridine rings is 1. The van der Waals surface area contributed by atoms with Gasteiger partial charge < -0.3 is 0 Å². The molecule has 0 aliphatic carbocycles. The van der Waals surface area contributed by atoms with Gasteiger partial charge in [-0.05, 0) is 56.0 Å². The second kappa shape index (κ2) is 6.16. The highest BCUT2D eigenvalue weighted by Gasteiger charge is 2.19. The summed E-state index contributed by atoms with van der Waals surface area (Å²) < 4.78 is 2.34. The standard InChI is InChI=1S/C22H26N/c1-6-9-18-14-22(20-13-15(2)12-16(3)17(20)4)23(5)21-11-8-7-10-19(18)21/h7-8,10-14H,6,9H2,1-5H3/q+1. The van der Waals surface area contributed by atoms with Crippen molar-refractivity contribution in [2.24, 2.45) is 7.05 Å². The maximum Gasteiger partial charge on any atom is 0.213 e. The fraction of sp³-hybridized carbons (Fsp3) is 0.318. The van der Waals surface area contributed by atoms with Crippen LogP contribution in [-0.4, -0.2) is 0 Å². The molecule has 0 amide bonds. The Morgan fingerprint density at radius 2 is 1.70 bits per heavy atom. The van der Waals surface area contributed by atoms with Crippen molar-refractivity contribution in [3.63, 3.8) is 0 Å². The molecule has 3 aromatic rings. The van der Waals surface area contributed by atoms with Crippen molar-refractivity contribution in [2.45, 2.75) is 40.5 Å². The fourth-order valence-electron chi connectivity index (χ4n) is 3.55. The third-order valence-electron chi connectivity index (χ3n) is 4.89. The lowest BCUT2D eigenvalue weighted by molar-refractivity contribution is -0.633. The Hall–Kier alpha value is -2.15. The molecule has 0 atom stereocenters. The van der Waals surface area contributed by atoms with Gasteiger partial charge in [0.05, 0.1) is 0 Å². The number of benzene rings is 2. The van der Waals surface area contributed by atoms with Gasteiger partial charge in [-0.1, -0.05) is 37.1 Å². The highest BCUT2D eigenvalue weighted by molar-refractivity contribution is 5.82. The van der Waals surface area contributed by atoms with Crippen LogP contribution in [0.15, 0.2) is 42.5 Å². The second-order valence-electron chi connectivity index (χ2n) is 6.64. The molecule has 1 heterocycles. The summed E-state index contributed by atoms with van der Waals surface area (Å²) in [5.74, 6) is 0. The van der Waals surface area contributed by atoms with Crippen LogP contribution < -0.4 is 4.57 Å². The molecule has 0 aliphatic rings. The highest BCUT2D eigenvalue weighted by Crippen LogP contribution is 2.28. The van der Waals surface area contributed by atoms with E-state index in [9.17, 15) is 0 Å². The Balaban J connectivity index is 2.36. The van der Waals surface area contributed by atoms with E-state index in [1.54, 1.807) is 0 Å². The van der Waals surface area contributed by atoms with Gasteiger partial charge in [-0.25, -0.2) is 0 Å². The SMILES string of the molecule is CCCc1cc(-c2cc(C)cc(C)c2C)[n+](C)c2ccccc12. The lowest BCUT2D eigenvalue weighted by Gasteiger charge is -2.12. The number of rotatable bonds is 3. The van der Waals surface area contributed by atoms with Gasteiger partial charge in [-0.3, -0.25) is 0 Å². The number of hydrogen-bond donors (Lipinski definition) is 0. The van der Waals surface area contributed by atoms with Gasteiger partial charge in [-0.15, -0.1) is 0 Å². The quantitative estimate of drug-likeness (QED) is 0.585. The van der Waals surface area contributed by atoms with Crippen molar-refractivity contribution in [1.82, 2.24) is 0 Å². The van der Waals surface area contributed by atoms with Crippen LogP contribution in [-0.2, 0) is 13.5 Å². The van der Waals surface area contributed by atoms with Gasteiger partial charge in [0.15, 0.2) is 0 Å². The summed E-state index contributed by atoms with van der Waals surface area (Å²) in [7, 11) is 2.19. The minimum Gasteiger partial charge on any atom is -0.194 e. The van der Waals surface area contributed by atoms with Gasteiger partial charge in [0.25, 0.3) is 0 Å². The third kappa shape index (κ3) is 2.76. The lowest BCUT2D eigenvalue weighted by Crippen LogP contribution is -2.32. The fourth-order valence-corrected chi connectivity index (χ4v) is 3.55. The van der Waals surface area contributed by atoms with Crippen molar-refractivity contribution in [2.75, 3.05) is 0 Å². The summed E-state index contributed by atoms with van der Waals surface area (Å²) in [6.07, 6.45) is 2.29. The molecule has 1 nitrogen and oxygen atoms in total. The number of fused-ring (bicyclic) bond motifs is 1. The number of aryl methyl sites for hydroxylation is 4. The molecule has 23 heavy (non-hydrogen) atoms. The van der Waals surface area contributed by atoms with Gasteiger partial charge in [0.2, 0.25) is 11.2 Å². The molecule has 0 N–H and O–H groups in total. The predicted molar refractivity (Wildman–Crippen MR) is 98.8 cm³/mol. The largest absolute Gasteiger partial charge is 0.213 e. The molecule has 0 unspecified atom stereocenters. The van der Waals surface area contributed by atoms with Crippen LogP contribution in [0.1, 0.15) is 35.6 Å². The van der Waals surface area contributed by atoms with Crippen molar-refractivity contribution < 1.29 is 4.57 Å². The van der Waals surface area contributed by atoms with Gasteiger partial charge in [-0.2, -0.15) is 4.57 Å². The first kappa shape index (κ1) is 15.7. The molecule has 0 bridgehead atoms. The van der Waals surface area contributed by atoms with E-state index in [2.05, 4.69) is 81.8 Å². The average molecular weight is 304 g/mol. The average Bonchev–Trinajstić information content (AvgIpc) is 2.54. The molecule has 0 saturated carbocycles. The van der Waals surface area contributed by atoms with Crippen LogP contribution in [0.4, 0.5) is 0 Å². The Morgan fingerprint density at radius 3 is 2.43 bits per heavy atom. The van der Waals surface area contributed by atoms with Crippen molar-refractivity contribution in [1.29, 1.82) is 0 Å². The maximum atomic E-state index is 2.40. The van der Waals surface area contributed by atoms with E-state index in [0.29, 0.717) is 0 Å². The van der Waals surface area contributed by atoms with E-state index >= 15 is 0 Å². The minimum atomic E-state index is 1.12. The molecule has 1 heteroatoms. The Bertz CT molecular complexity index is 875. The molecule has 0 spiro atoms. The van der Waals surface area contributed by atoms with E-state index in [0.717, 1.165) is 6.42 Å². The van der Waals surface area contributed by atoms with Crippen molar-refractivity contribution in [3.8, 4) is 11.3 Å². The topological polar surface area (TPSA) is 3.88 Å². The Morgan fingerprint density at radius 1 is 0.957 bits per heavy atom. The summed E-state index contributed by atoms with van der Waals surface area (Å²) in [4.78, 5) is 0. The van der Waals surface area contributed by atoms with Crippen molar-refractivity contribution >= 4 is 10.9 Å². The summed E-state index contributed by atoms with van der Waals surface area (Å²) in [5, 5.41) is 1.38. The maximum absolute atomic E-state index is 2.40. The Kier molecular flexibility index (Phi) is 4.21. The molecule has 0 radical (unpaired) electrons. The number of hydrogen-bond acceptors (Lipinski definition) is 0. The molecule has 3 rings (SSSR count). The van der Waals surface area contributed by atoms with E-state index in [4.69, 9.17) is 0 Å². The van der Waals surface area contributed by atoms with Crippen LogP contribution in [0.3, 0.4) is 0 Å². The minimum absolute atomic E-state index is 1.12. The Labute approximate surface area is 139 Å². The number of para-hydroxylation sites is 1. The third-order valence-corrected chi connectivity index (χ3v) is 4.89. The summed E-state index contributed by atoms with van der Waals surface area (Å²) in [5.41, 5.74) is 9.51. The van der Waals surface area contributed by atoms with Crippen molar-refractivity contribution in [3.05, 3.63) is 64.7 Å². The predicted octanol–water partition coefficient (Wildman–Crippen LogP) is 5.21. The second-order valence-corrected chi connectivity index (χ2v) is 6.64. The normalized spacial score (nSPS) is 11.2. The zero-order valence-electron chi connectivity index (χ0n) is 14.9. The molecule has 0 saturated heterocycles. The first-order valence-corrected chi connectivity index (χ1v) is 8.51. The number of nitrogens with zero attached hydrogens (tertiary/aromatic N) is 1. The molecule has 118 valence electrons. The van der Waals surface area contributed by atoms with Crippen LogP contribution in [0.5, 0.6) is 0 Å². The zero-order chi connectivity index (χ0) is 16.6. The first-order chi connectivity index (χ1) is 11.0. The molecule has 2 aromatic carbocycles. The molecule has 1 aromatic heterocycles. The van der Waals surface area contributed by atoms with Gasteiger partial charge in [0, 0.05) is 23.1 Å². The summed E-state index contributed by atoms with van der Waals surface area (Å²) in [6, 6.07) is 15.7. The van der Waals surface area contributed by atoms with E-state index in [1.165, 1.54) is 50.8 Å². The van der Waals surface area contributed by atoms with E-state index in [1.807, 2.05) is 0 Å². The van der Waals surface area contributed by atoms with E-state index < -0.39 is 0 Å². The number of aromatic nitrogens is 1. The van der Waals surface area contributed by atoms with Crippen LogP contribution in [0.25, 0.3) is 22.2 Å². The molecule has 0 aliphatic heterocycles. The highest BCUT2D eigenvalue weighted by atomic mass is 14.9. The van der Waals surface area contributed by atoms with Gasteiger partial charge >= 0.3 is 0 Å². The molecular weight excluding hydrogens is 278 g/mol. The molecular formula is C22H26N+. The summed E-state index contributed by atoms with van der Waals surface area (Å²) in [6.45, 7) is 8.88. The lowest BCUT2D eigenvalue weighted by atomic mass is 9.94. The summed E-state index contributed by atoms with van der Waals surface area (Å²) >= 11 is 0. The smallest absolute Gasteiger partial charge is 0.194 e. The van der Waals surface area contributed by atoms with Crippen LogP contribution >= 0.6 is 0 Å². The van der Waals surface area contributed by atoms with Crippen LogP contribution in [0, 0.1) is 20.8 Å². The molecule has 0 fully saturated rings. The monoisotopic (exact) mass is 304 g/mol. The van der Waals surface area contributed by atoms with Crippen LogP contribution in [0.2, 0.25) is 0 Å². The van der Waals surface area contributed by atoms with E-state index in [-0.39, 0.29) is 0 Å².